The predicted molar refractivity (Wildman–Crippen MR) is 180 cm³/mol. The van der Waals surface area contributed by atoms with Crippen LogP contribution in [0.3, 0.4) is 0 Å². The number of unbranched alkanes of at least 4 members (excludes halogenated alkanes) is 1. The summed E-state index contributed by atoms with van der Waals surface area (Å²) in [7, 11) is 1.67. The lowest BCUT2D eigenvalue weighted by molar-refractivity contribution is 0.00670. The molecule has 1 fully saturated rings. The van der Waals surface area contributed by atoms with Crippen molar-refractivity contribution in [3.05, 3.63) is 118 Å². The number of rotatable bonds is 10. The molecule has 2 unspecified atom stereocenters. The first-order valence-corrected chi connectivity index (χ1v) is 16.2. The van der Waals surface area contributed by atoms with Gasteiger partial charge in [0.15, 0.2) is 0 Å². The van der Waals surface area contributed by atoms with Crippen LogP contribution < -0.4 is 10.1 Å². The number of halogens is 1. The van der Waals surface area contributed by atoms with Gasteiger partial charge in [-0.05, 0) is 97.5 Å². The van der Waals surface area contributed by atoms with Crippen molar-refractivity contribution < 1.29 is 9.84 Å². The van der Waals surface area contributed by atoms with Crippen LogP contribution in [-0.4, -0.2) is 54.8 Å². The van der Waals surface area contributed by atoms with Gasteiger partial charge in [-0.2, -0.15) is 0 Å². The van der Waals surface area contributed by atoms with Crippen LogP contribution in [0.1, 0.15) is 48.3 Å². The molecule has 4 aromatic carbocycles. The number of pyridine rings is 1. The van der Waals surface area contributed by atoms with Crippen LogP contribution in [0.4, 0.5) is 0 Å². The molecule has 0 bridgehead atoms. The Morgan fingerprint density at radius 3 is 2.53 bits per heavy atom. The fourth-order valence-electron chi connectivity index (χ4n) is 6.64. The van der Waals surface area contributed by atoms with Gasteiger partial charge in [-0.15, -0.1) is 0 Å². The molecule has 1 aliphatic heterocycles. The van der Waals surface area contributed by atoms with E-state index in [0.717, 1.165) is 88.4 Å². The number of hydrogen-bond acceptors (Lipinski definition) is 5. The van der Waals surface area contributed by atoms with Gasteiger partial charge in [0.05, 0.1) is 12.6 Å². The lowest BCUT2D eigenvalue weighted by Gasteiger charge is -2.38. The van der Waals surface area contributed by atoms with Gasteiger partial charge in [0.2, 0.25) is 5.88 Å². The largest absolute Gasteiger partial charge is 0.481 e. The second-order valence-electron chi connectivity index (χ2n) is 11.7. The average molecular weight is 639 g/mol. The van der Waals surface area contributed by atoms with E-state index in [-0.39, 0.29) is 0 Å². The molecular formula is C37H40BrN3O2. The van der Waals surface area contributed by atoms with E-state index in [0.29, 0.717) is 12.3 Å². The second kappa shape index (κ2) is 13.6. The molecule has 1 aromatic heterocycles. The fourth-order valence-corrected chi connectivity index (χ4v) is 7.02. The van der Waals surface area contributed by atoms with Gasteiger partial charge in [-0.25, -0.2) is 4.98 Å². The first-order valence-electron chi connectivity index (χ1n) is 15.4. The molecule has 2 atom stereocenters. The van der Waals surface area contributed by atoms with Crippen molar-refractivity contribution in [2.75, 3.05) is 39.8 Å². The fraction of sp³-hybridized carbons (Fsp3) is 0.324. The zero-order valence-corrected chi connectivity index (χ0v) is 26.4. The summed E-state index contributed by atoms with van der Waals surface area (Å²) in [5.74, 6) is 0.142. The van der Waals surface area contributed by atoms with E-state index in [1.54, 1.807) is 7.11 Å². The van der Waals surface area contributed by atoms with Crippen molar-refractivity contribution in [2.24, 2.45) is 0 Å². The van der Waals surface area contributed by atoms with Gasteiger partial charge in [0.25, 0.3) is 0 Å². The molecule has 0 aliphatic carbocycles. The molecule has 6 rings (SSSR count). The maximum absolute atomic E-state index is 13.2. The van der Waals surface area contributed by atoms with Gasteiger partial charge in [-0.1, -0.05) is 82.7 Å². The van der Waals surface area contributed by atoms with Crippen molar-refractivity contribution >= 4 is 37.6 Å². The van der Waals surface area contributed by atoms with Gasteiger partial charge >= 0.3 is 0 Å². The number of aromatic nitrogens is 1. The van der Waals surface area contributed by atoms with Gasteiger partial charge < -0.3 is 20.1 Å². The smallest absolute Gasteiger partial charge is 0.217 e. The third kappa shape index (κ3) is 6.63. The SMILES string of the molecule is COc1nc2ccc(Br)cc2cc1C(c1ccccc1)C(O)(CCCCN1CCCNCC1)c1ccc2ccccc2c1. The van der Waals surface area contributed by atoms with E-state index in [9.17, 15) is 5.11 Å². The molecular weight excluding hydrogens is 598 g/mol. The van der Waals surface area contributed by atoms with Crippen LogP contribution in [-0.2, 0) is 5.60 Å². The Bertz CT molecular complexity index is 1670. The van der Waals surface area contributed by atoms with Crippen molar-refractivity contribution in [1.82, 2.24) is 15.2 Å². The highest BCUT2D eigenvalue weighted by atomic mass is 79.9. The first kappa shape index (κ1) is 29.8. The Hall–Kier alpha value is -3.29. The molecule has 43 heavy (non-hydrogen) atoms. The summed E-state index contributed by atoms with van der Waals surface area (Å²) in [5, 5.41) is 20.0. The predicted octanol–water partition coefficient (Wildman–Crippen LogP) is 7.64. The first-order chi connectivity index (χ1) is 21.0. The molecule has 6 heteroatoms. The quantitative estimate of drug-likeness (QED) is 0.154. The number of aliphatic hydroxyl groups is 1. The zero-order chi connectivity index (χ0) is 29.6. The Morgan fingerprint density at radius 1 is 0.884 bits per heavy atom. The minimum absolute atomic E-state index is 0.400. The Morgan fingerprint density at radius 2 is 1.70 bits per heavy atom. The molecule has 0 spiro atoms. The summed E-state index contributed by atoms with van der Waals surface area (Å²) in [4.78, 5) is 7.49. The highest BCUT2D eigenvalue weighted by Crippen LogP contribution is 2.48. The summed E-state index contributed by atoms with van der Waals surface area (Å²) in [5.41, 5.74) is 2.48. The zero-order valence-electron chi connectivity index (χ0n) is 24.8. The van der Waals surface area contributed by atoms with E-state index in [4.69, 9.17) is 9.72 Å². The number of ether oxygens (including phenoxy) is 1. The average Bonchev–Trinajstić information content (AvgIpc) is 3.32. The third-order valence-electron chi connectivity index (χ3n) is 8.85. The number of fused-ring (bicyclic) bond motifs is 2. The number of nitrogens with zero attached hydrogens (tertiary/aromatic N) is 2. The van der Waals surface area contributed by atoms with E-state index in [2.05, 4.69) is 92.9 Å². The number of nitrogens with one attached hydrogen (secondary N) is 1. The molecule has 0 radical (unpaired) electrons. The van der Waals surface area contributed by atoms with Crippen molar-refractivity contribution in [2.45, 2.75) is 37.2 Å². The molecule has 0 saturated carbocycles. The van der Waals surface area contributed by atoms with Crippen molar-refractivity contribution in [3.63, 3.8) is 0 Å². The number of hydrogen-bond donors (Lipinski definition) is 2. The number of benzene rings is 4. The van der Waals surface area contributed by atoms with E-state index in [1.165, 1.54) is 6.42 Å². The molecule has 5 nitrogen and oxygen atoms in total. The number of methoxy groups -OCH3 is 1. The summed E-state index contributed by atoms with van der Waals surface area (Å²) in [6, 6.07) is 33.4. The minimum Gasteiger partial charge on any atom is -0.481 e. The summed E-state index contributed by atoms with van der Waals surface area (Å²) >= 11 is 3.64. The lowest BCUT2D eigenvalue weighted by atomic mass is 9.71. The Labute approximate surface area is 263 Å². The van der Waals surface area contributed by atoms with Crippen molar-refractivity contribution in [3.8, 4) is 5.88 Å². The highest BCUT2D eigenvalue weighted by Gasteiger charge is 2.42. The summed E-state index contributed by atoms with van der Waals surface area (Å²) < 4.78 is 6.95. The topological polar surface area (TPSA) is 57.6 Å². The molecule has 222 valence electrons. The van der Waals surface area contributed by atoms with Gasteiger partial charge in [-0.3, -0.25) is 0 Å². The molecule has 1 aliphatic rings. The standard InChI is InChI=1S/C37H40BrN3O2/c1-43-36-33(26-30-25-32(38)16-17-34(30)40-36)35(28-11-3-2-4-12-28)37(42,18-7-8-21-41-22-9-19-39-20-23-41)31-15-14-27-10-5-6-13-29(27)24-31/h2-6,10-17,24-26,35,39,42H,7-9,18-23H2,1H3. The molecule has 5 aromatic rings. The normalized spacial score (nSPS) is 16.5. The summed E-state index contributed by atoms with van der Waals surface area (Å²) in [6.45, 7) is 5.39. The maximum atomic E-state index is 13.2. The van der Waals surface area contributed by atoms with Gasteiger partial charge in [0, 0.05) is 34.4 Å². The molecule has 1 saturated heterocycles. The van der Waals surface area contributed by atoms with E-state index in [1.807, 2.05) is 30.3 Å². The minimum atomic E-state index is -1.21. The summed E-state index contributed by atoms with van der Waals surface area (Å²) in [6.07, 6.45) is 3.71. The van der Waals surface area contributed by atoms with Crippen LogP contribution in [0, 0.1) is 0 Å². The van der Waals surface area contributed by atoms with Crippen LogP contribution >= 0.6 is 15.9 Å². The lowest BCUT2D eigenvalue weighted by Crippen LogP contribution is -2.35. The highest BCUT2D eigenvalue weighted by molar-refractivity contribution is 9.10. The van der Waals surface area contributed by atoms with E-state index >= 15 is 0 Å². The van der Waals surface area contributed by atoms with Crippen LogP contribution in [0.15, 0.2) is 102 Å². The van der Waals surface area contributed by atoms with E-state index < -0.39 is 11.5 Å². The van der Waals surface area contributed by atoms with Crippen LogP contribution in [0.25, 0.3) is 21.7 Å². The third-order valence-corrected chi connectivity index (χ3v) is 9.34. The maximum Gasteiger partial charge on any atom is 0.217 e. The Kier molecular flexibility index (Phi) is 9.39. The monoisotopic (exact) mass is 637 g/mol. The van der Waals surface area contributed by atoms with Crippen molar-refractivity contribution in [1.29, 1.82) is 0 Å². The van der Waals surface area contributed by atoms with Crippen LogP contribution in [0.5, 0.6) is 5.88 Å². The molecule has 0 amide bonds. The molecule has 2 heterocycles. The van der Waals surface area contributed by atoms with Crippen LogP contribution in [0.2, 0.25) is 0 Å². The molecule has 2 N–H and O–H groups in total. The second-order valence-corrected chi connectivity index (χ2v) is 12.6. The van der Waals surface area contributed by atoms with Gasteiger partial charge in [0.1, 0.15) is 5.60 Å². The Balaban J connectivity index is 1.46.